The Labute approximate surface area is 121 Å². The van der Waals surface area contributed by atoms with E-state index < -0.39 is 16.0 Å². The summed E-state index contributed by atoms with van der Waals surface area (Å²) in [6.07, 6.45) is 0. The summed E-state index contributed by atoms with van der Waals surface area (Å²) in [6.45, 7) is -0.360. The molecule has 1 aromatic heterocycles. The molecule has 106 valence electrons. The molecular formula is C13H13NO4S2. The van der Waals surface area contributed by atoms with E-state index in [0.29, 0.717) is 5.69 Å². The summed E-state index contributed by atoms with van der Waals surface area (Å²) < 4.78 is 31.0. The molecule has 0 aliphatic carbocycles. The second-order valence-corrected chi connectivity index (χ2v) is 6.89. The standard InChI is InChI=1S/C13H13NO4S2/c1-18-12(15)10-14(11-6-3-2-4-7-11)20(16,17)13-8-5-9-19-13/h2-9H,10H2,1H3. The second kappa shape index (κ2) is 6.06. The lowest BCUT2D eigenvalue weighted by atomic mass is 10.3. The van der Waals surface area contributed by atoms with Crippen molar-refractivity contribution in [3.8, 4) is 0 Å². The minimum absolute atomic E-state index is 0.185. The van der Waals surface area contributed by atoms with E-state index in [0.717, 1.165) is 15.6 Å². The lowest BCUT2D eigenvalue weighted by molar-refractivity contribution is -0.138. The van der Waals surface area contributed by atoms with Crippen LogP contribution in [-0.4, -0.2) is 28.0 Å². The van der Waals surface area contributed by atoms with Crippen molar-refractivity contribution in [2.75, 3.05) is 18.0 Å². The number of ether oxygens (including phenoxy) is 1. The predicted molar refractivity (Wildman–Crippen MR) is 77.3 cm³/mol. The minimum Gasteiger partial charge on any atom is -0.468 e. The molecule has 5 nitrogen and oxygen atoms in total. The van der Waals surface area contributed by atoms with E-state index in [1.54, 1.807) is 41.8 Å². The van der Waals surface area contributed by atoms with Crippen LogP contribution in [0.4, 0.5) is 5.69 Å². The Morgan fingerprint density at radius 3 is 2.45 bits per heavy atom. The monoisotopic (exact) mass is 311 g/mol. The molecule has 0 unspecified atom stereocenters. The van der Waals surface area contributed by atoms with Crippen LogP contribution < -0.4 is 4.31 Å². The lowest BCUT2D eigenvalue weighted by Crippen LogP contribution is -2.35. The Morgan fingerprint density at radius 1 is 1.20 bits per heavy atom. The summed E-state index contributed by atoms with van der Waals surface area (Å²) in [5, 5.41) is 1.67. The average Bonchev–Trinajstić information content (AvgIpc) is 3.00. The molecule has 1 aromatic carbocycles. The number of carbonyl (C=O) groups is 1. The number of benzene rings is 1. The van der Waals surface area contributed by atoms with Gasteiger partial charge in [0.1, 0.15) is 10.8 Å². The highest BCUT2D eigenvalue weighted by Gasteiger charge is 2.28. The van der Waals surface area contributed by atoms with E-state index in [9.17, 15) is 13.2 Å². The van der Waals surface area contributed by atoms with Crippen molar-refractivity contribution in [2.24, 2.45) is 0 Å². The number of carbonyl (C=O) groups excluding carboxylic acids is 1. The van der Waals surface area contributed by atoms with Gasteiger partial charge in [0, 0.05) is 0 Å². The number of hydrogen-bond donors (Lipinski definition) is 0. The van der Waals surface area contributed by atoms with Gasteiger partial charge in [0.15, 0.2) is 0 Å². The van der Waals surface area contributed by atoms with Gasteiger partial charge in [-0.1, -0.05) is 24.3 Å². The molecule has 20 heavy (non-hydrogen) atoms. The van der Waals surface area contributed by atoms with Crippen molar-refractivity contribution >= 4 is 33.0 Å². The van der Waals surface area contributed by atoms with Gasteiger partial charge in [-0.25, -0.2) is 8.42 Å². The Kier molecular flexibility index (Phi) is 4.41. The third-order valence-corrected chi connectivity index (χ3v) is 5.73. The van der Waals surface area contributed by atoms with Crippen LogP contribution in [0.25, 0.3) is 0 Å². The maximum atomic E-state index is 12.6. The van der Waals surface area contributed by atoms with Gasteiger partial charge in [-0.05, 0) is 23.6 Å². The third-order valence-electron chi connectivity index (χ3n) is 2.58. The number of rotatable bonds is 5. The zero-order chi connectivity index (χ0) is 14.6. The first-order chi connectivity index (χ1) is 9.55. The van der Waals surface area contributed by atoms with Gasteiger partial charge < -0.3 is 4.74 Å². The van der Waals surface area contributed by atoms with Crippen LogP contribution in [0.1, 0.15) is 0 Å². The molecule has 0 N–H and O–H groups in total. The highest BCUT2D eigenvalue weighted by Crippen LogP contribution is 2.26. The summed E-state index contributed by atoms with van der Waals surface area (Å²) in [6, 6.07) is 11.6. The van der Waals surface area contributed by atoms with Crippen molar-refractivity contribution in [3.05, 3.63) is 47.8 Å². The van der Waals surface area contributed by atoms with E-state index in [1.165, 1.54) is 13.2 Å². The van der Waals surface area contributed by atoms with E-state index in [2.05, 4.69) is 4.74 Å². The first-order valence-electron chi connectivity index (χ1n) is 5.74. The maximum absolute atomic E-state index is 12.6. The van der Waals surface area contributed by atoms with E-state index in [4.69, 9.17) is 0 Å². The van der Waals surface area contributed by atoms with Crippen LogP contribution in [0.3, 0.4) is 0 Å². The highest BCUT2D eigenvalue weighted by atomic mass is 32.2. The fourth-order valence-electron chi connectivity index (χ4n) is 1.61. The van der Waals surface area contributed by atoms with Gasteiger partial charge in [-0.2, -0.15) is 0 Å². The fourth-order valence-corrected chi connectivity index (χ4v) is 4.12. The molecule has 0 bridgehead atoms. The number of esters is 1. The molecule has 0 aliphatic rings. The molecule has 1 heterocycles. The molecule has 0 radical (unpaired) electrons. The molecule has 0 atom stereocenters. The van der Waals surface area contributed by atoms with Gasteiger partial charge >= 0.3 is 5.97 Å². The summed E-state index contributed by atoms with van der Waals surface area (Å²) in [5.74, 6) is -0.617. The molecule has 0 spiro atoms. The van der Waals surface area contributed by atoms with Crippen molar-refractivity contribution in [3.63, 3.8) is 0 Å². The van der Waals surface area contributed by atoms with Crippen LogP contribution in [0.2, 0.25) is 0 Å². The smallest absolute Gasteiger partial charge is 0.326 e. The number of nitrogens with zero attached hydrogens (tertiary/aromatic N) is 1. The topological polar surface area (TPSA) is 63.7 Å². The SMILES string of the molecule is COC(=O)CN(c1ccccc1)S(=O)(=O)c1cccs1. The Hall–Kier alpha value is -1.86. The number of sulfonamides is 1. The molecule has 0 saturated heterocycles. The van der Waals surface area contributed by atoms with E-state index in [-0.39, 0.29) is 10.8 Å². The molecule has 0 fully saturated rings. The molecule has 0 aliphatic heterocycles. The average molecular weight is 311 g/mol. The van der Waals surface area contributed by atoms with Crippen LogP contribution >= 0.6 is 11.3 Å². The number of methoxy groups -OCH3 is 1. The third kappa shape index (κ3) is 3.00. The van der Waals surface area contributed by atoms with Crippen molar-refractivity contribution in [2.45, 2.75) is 4.21 Å². The predicted octanol–water partition coefficient (Wildman–Crippen LogP) is 2.12. The molecule has 7 heteroatoms. The van der Waals surface area contributed by atoms with Crippen LogP contribution in [-0.2, 0) is 19.6 Å². The minimum atomic E-state index is -3.76. The molecule has 2 aromatic rings. The lowest BCUT2D eigenvalue weighted by Gasteiger charge is -2.22. The summed E-state index contributed by atoms with van der Waals surface area (Å²) in [4.78, 5) is 11.5. The molecule has 0 saturated carbocycles. The van der Waals surface area contributed by atoms with Gasteiger partial charge in [0.05, 0.1) is 12.8 Å². The normalized spacial score (nSPS) is 11.1. The Bertz CT molecular complexity index is 666. The molecule has 2 rings (SSSR count). The number of para-hydroxylation sites is 1. The maximum Gasteiger partial charge on any atom is 0.326 e. The largest absolute Gasteiger partial charge is 0.468 e. The van der Waals surface area contributed by atoms with Crippen molar-refractivity contribution in [1.29, 1.82) is 0 Å². The zero-order valence-corrected chi connectivity index (χ0v) is 12.4. The summed E-state index contributed by atoms with van der Waals surface area (Å²) in [5.41, 5.74) is 0.423. The number of anilines is 1. The highest BCUT2D eigenvalue weighted by molar-refractivity contribution is 7.94. The molecular weight excluding hydrogens is 298 g/mol. The quantitative estimate of drug-likeness (QED) is 0.793. The first kappa shape index (κ1) is 14.5. The Morgan fingerprint density at radius 2 is 1.90 bits per heavy atom. The summed E-state index contributed by atoms with van der Waals surface area (Å²) in [7, 11) is -2.54. The second-order valence-electron chi connectivity index (χ2n) is 3.86. The van der Waals surface area contributed by atoms with Gasteiger partial charge in [-0.3, -0.25) is 9.10 Å². The first-order valence-corrected chi connectivity index (χ1v) is 8.06. The zero-order valence-electron chi connectivity index (χ0n) is 10.7. The van der Waals surface area contributed by atoms with Crippen molar-refractivity contribution in [1.82, 2.24) is 0 Å². The fraction of sp³-hybridized carbons (Fsp3) is 0.154. The Balaban J connectivity index is 2.45. The number of thiophene rings is 1. The number of hydrogen-bond acceptors (Lipinski definition) is 5. The van der Waals surface area contributed by atoms with Crippen molar-refractivity contribution < 1.29 is 17.9 Å². The van der Waals surface area contributed by atoms with Crippen LogP contribution in [0.15, 0.2) is 52.1 Å². The van der Waals surface area contributed by atoms with Gasteiger partial charge in [0.25, 0.3) is 10.0 Å². The van der Waals surface area contributed by atoms with Crippen LogP contribution in [0.5, 0.6) is 0 Å². The van der Waals surface area contributed by atoms with E-state index >= 15 is 0 Å². The summed E-state index contributed by atoms with van der Waals surface area (Å²) >= 11 is 1.11. The van der Waals surface area contributed by atoms with Gasteiger partial charge in [-0.15, -0.1) is 11.3 Å². The van der Waals surface area contributed by atoms with E-state index in [1.807, 2.05) is 0 Å². The van der Waals surface area contributed by atoms with Gasteiger partial charge in [0.2, 0.25) is 0 Å². The van der Waals surface area contributed by atoms with Crippen LogP contribution in [0, 0.1) is 0 Å². The molecule has 0 amide bonds.